The average molecular weight is 560 g/mol. The number of rotatable bonds is 4. The first-order chi connectivity index (χ1) is 21.8. The lowest BCUT2D eigenvalue weighted by atomic mass is 9.90. The van der Waals surface area contributed by atoms with Crippen LogP contribution in [-0.4, -0.2) is 10.1 Å². The van der Waals surface area contributed by atoms with E-state index >= 15 is 0 Å². The molecule has 0 spiro atoms. The summed E-state index contributed by atoms with van der Waals surface area (Å²) in [6, 6.07) is 45.0. The Labute approximate surface area is 255 Å². The number of aromatic nitrogens is 1. The molecule has 0 bridgehead atoms. The monoisotopic (exact) mass is 559 g/mol. The van der Waals surface area contributed by atoms with Crippen LogP contribution in [0.2, 0.25) is 0 Å². The molecule has 2 heteroatoms. The zero-order chi connectivity index (χ0) is 28.9. The van der Waals surface area contributed by atoms with Crippen molar-refractivity contribution in [2.45, 2.75) is 6.92 Å². The number of nitrogens with zero attached hydrogens (tertiary/aromatic N) is 2. The maximum atomic E-state index is 2.47. The van der Waals surface area contributed by atoms with Gasteiger partial charge in [-0.3, -0.25) is 0 Å². The first-order valence-electron chi connectivity index (χ1n) is 15.3. The molecule has 8 aromatic rings. The average Bonchev–Trinajstić information content (AvgIpc) is 3.70. The van der Waals surface area contributed by atoms with Crippen molar-refractivity contribution in [2.75, 3.05) is 0 Å². The third-order valence-corrected chi connectivity index (χ3v) is 9.58. The zero-order valence-electron chi connectivity index (χ0n) is 24.3. The van der Waals surface area contributed by atoms with Crippen LogP contribution in [0.4, 0.5) is 11.4 Å². The van der Waals surface area contributed by atoms with E-state index in [4.69, 9.17) is 0 Å². The fourth-order valence-electron chi connectivity index (χ4n) is 7.68. The minimum absolute atomic E-state index is 1.24. The van der Waals surface area contributed by atoms with Gasteiger partial charge in [-0.15, -0.1) is 0 Å². The van der Waals surface area contributed by atoms with Crippen molar-refractivity contribution in [1.29, 1.82) is 0 Å². The van der Waals surface area contributed by atoms with Crippen LogP contribution in [0.25, 0.3) is 71.5 Å². The number of hydrogen-bond acceptors (Lipinski definition) is 0. The summed E-state index contributed by atoms with van der Waals surface area (Å²) in [5, 5.41) is 5.21. The third kappa shape index (κ3) is 3.02. The predicted octanol–water partition coefficient (Wildman–Crippen LogP) is 10.9. The van der Waals surface area contributed by atoms with Crippen LogP contribution in [-0.2, 0) is 0 Å². The Morgan fingerprint density at radius 1 is 0.523 bits per heavy atom. The van der Waals surface area contributed by atoms with Crippen molar-refractivity contribution >= 4 is 55.2 Å². The van der Waals surface area contributed by atoms with Crippen LogP contribution < -0.4 is 4.58 Å². The van der Waals surface area contributed by atoms with Crippen LogP contribution in [0.3, 0.4) is 0 Å². The normalized spacial score (nSPS) is 13.8. The Hall–Kier alpha value is -5.73. The van der Waals surface area contributed by atoms with E-state index in [1.807, 2.05) is 0 Å². The minimum Gasteiger partial charge on any atom is -0.308 e. The molecule has 0 saturated carbocycles. The highest BCUT2D eigenvalue weighted by Crippen LogP contribution is 2.53. The lowest BCUT2D eigenvalue weighted by Gasteiger charge is -2.16. The second kappa shape index (κ2) is 8.65. The van der Waals surface area contributed by atoms with Gasteiger partial charge in [0, 0.05) is 33.7 Å². The van der Waals surface area contributed by atoms with Gasteiger partial charge in [-0.25, -0.2) is 0 Å². The van der Waals surface area contributed by atoms with E-state index in [-0.39, 0.29) is 0 Å². The molecule has 4 heterocycles. The molecule has 0 fully saturated rings. The molecular weight excluding hydrogens is 532 g/mol. The van der Waals surface area contributed by atoms with Gasteiger partial charge >= 0.3 is 0 Å². The summed E-state index contributed by atoms with van der Waals surface area (Å²) in [7, 11) is 0. The SMILES string of the molecule is C/C=C\C=C/C1=[N+]2c3ccccc3-c3cc(-c4cc5c6ccccc6n6c7ccc(-c8ccccc8)cc7c(c4)c56)cc1c32. The molecule has 0 unspecified atom stereocenters. The first-order valence-corrected chi connectivity index (χ1v) is 15.3. The molecule has 0 amide bonds. The lowest BCUT2D eigenvalue weighted by molar-refractivity contribution is 1.07. The Morgan fingerprint density at radius 2 is 1.23 bits per heavy atom. The van der Waals surface area contributed by atoms with Gasteiger partial charge < -0.3 is 4.40 Å². The second-order valence-electron chi connectivity index (χ2n) is 11.9. The molecule has 0 saturated heterocycles. The molecule has 0 N–H and O–H groups in total. The van der Waals surface area contributed by atoms with E-state index in [1.54, 1.807) is 0 Å². The number of allylic oxidation sites excluding steroid dienone is 4. The van der Waals surface area contributed by atoms with E-state index in [9.17, 15) is 0 Å². The molecule has 10 rings (SSSR count). The smallest absolute Gasteiger partial charge is 0.233 e. The molecule has 0 atom stereocenters. The highest BCUT2D eigenvalue weighted by atomic mass is 15.1. The number of hydrogen-bond donors (Lipinski definition) is 0. The van der Waals surface area contributed by atoms with Gasteiger partial charge in [-0.2, -0.15) is 4.58 Å². The summed E-state index contributed by atoms with van der Waals surface area (Å²) in [5.41, 5.74) is 16.6. The summed E-state index contributed by atoms with van der Waals surface area (Å²) < 4.78 is 4.89. The van der Waals surface area contributed by atoms with Crippen molar-refractivity contribution in [3.05, 3.63) is 151 Å². The van der Waals surface area contributed by atoms with Crippen molar-refractivity contribution in [1.82, 2.24) is 8.98 Å². The Balaban J connectivity index is 1.27. The van der Waals surface area contributed by atoms with E-state index in [1.165, 1.54) is 94.1 Å². The molecule has 2 aliphatic rings. The van der Waals surface area contributed by atoms with Crippen LogP contribution >= 0.6 is 0 Å². The Kier molecular flexibility index (Phi) is 4.68. The third-order valence-electron chi connectivity index (χ3n) is 9.58. The molecule has 0 radical (unpaired) electrons. The molecule has 6 aromatic carbocycles. The maximum Gasteiger partial charge on any atom is 0.233 e. The minimum atomic E-state index is 1.24. The Bertz CT molecular complexity index is 2590. The van der Waals surface area contributed by atoms with Gasteiger partial charge in [0.2, 0.25) is 17.1 Å². The van der Waals surface area contributed by atoms with E-state index < -0.39 is 0 Å². The number of fused-ring (bicyclic) bond motifs is 9. The van der Waals surface area contributed by atoms with Gasteiger partial charge in [-0.1, -0.05) is 85.0 Å². The van der Waals surface area contributed by atoms with E-state index in [2.05, 4.69) is 162 Å². The highest BCUT2D eigenvalue weighted by molar-refractivity contribution is 6.27. The largest absolute Gasteiger partial charge is 0.308 e. The highest BCUT2D eigenvalue weighted by Gasteiger charge is 2.46. The van der Waals surface area contributed by atoms with Crippen molar-refractivity contribution in [3.8, 4) is 33.4 Å². The van der Waals surface area contributed by atoms with Crippen LogP contribution in [0, 0.1) is 0 Å². The summed E-state index contributed by atoms with van der Waals surface area (Å²) >= 11 is 0. The quantitative estimate of drug-likeness (QED) is 0.150. The first kappa shape index (κ1) is 23.8. The molecule has 44 heavy (non-hydrogen) atoms. The number of benzene rings is 6. The molecular formula is C42H27N2+. The molecule has 2 aromatic heterocycles. The standard InChI is InChI=1S/C42H27N2/c1-2-3-5-16-39-36-25-29(23-34-31-15-9-10-17-37(31)43(39)42(34)36)28-22-33-30-14-8-11-18-38(30)44-40-20-19-27(26-12-6-4-7-13-26)21-32(40)35(24-28)41(33)44/h2-25H,1H3/q+1/b3-2-,16-5-. The molecule has 2 nitrogen and oxygen atoms in total. The van der Waals surface area contributed by atoms with Gasteiger partial charge in [0.05, 0.1) is 27.7 Å². The van der Waals surface area contributed by atoms with Crippen LogP contribution in [0.1, 0.15) is 12.5 Å². The van der Waals surface area contributed by atoms with Crippen molar-refractivity contribution in [2.24, 2.45) is 0 Å². The predicted molar refractivity (Wildman–Crippen MR) is 187 cm³/mol. The summed E-state index contributed by atoms with van der Waals surface area (Å²) in [6.45, 7) is 2.06. The topological polar surface area (TPSA) is 7.42 Å². The van der Waals surface area contributed by atoms with Gasteiger partial charge in [-0.05, 0) is 77.7 Å². The van der Waals surface area contributed by atoms with Crippen molar-refractivity contribution in [3.63, 3.8) is 0 Å². The number of para-hydroxylation sites is 2. The van der Waals surface area contributed by atoms with E-state index in [0.717, 1.165) is 0 Å². The maximum absolute atomic E-state index is 2.47. The summed E-state index contributed by atoms with van der Waals surface area (Å²) in [4.78, 5) is 0. The van der Waals surface area contributed by atoms with Crippen LogP contribution in [0.5, 0.6) is 0 Å². The molecule has 0 aliphatic carbocycles. The lowest BCUT2D eigenvalue weighted by Crippen LogP contribution is -2.25. The summed E-state index contributed by atoms with van der Waals surface area (Å²) in [5.74, 6) is 0. The summed E-state index contributed by atoms with van der Waals surface area (Å²) in [6.07, 6.45) is 8.57. The molecule has 2 aliphatic heterocycles. The second-order valence-corrected chi connectivity index (χ2v) is 11.9. The fraction of sp³-hybridized carbons (Fsp3) is 0.0238. The zero-order valence-corrected chi connectivity index (χ0v) is 24.3. The van der Waals surface area contributed by atoms with Crippen molar-refractivity contribution < 1.29 is 0 Å². The van der Waals surface area contributed by atoms with Gasteiger partial charge in [0.25, 0.3) is 0 Å². The van der Waals surface area contributed by atoms with Crippen LogP contribution in [0.15, 0.2) is 146 Å². The van der Waals surface area contributed by atoms with Gasteiger partial charge in [0.1, 0.15) is 5.56 Å². The fourth-order valence-corrected chi connectivity index (χ4v) is 7.68. The van der Waals surface area contributed by atoms with Gasteiger partial charge in [0.15, 0.2) is 0 Å². The van der Waals surface area contributed by atoms with E-state index in [0.29, 0.717) is 0 Å². The molecule has 204 valence electrons. The Morgan fingerprint density at radius 3 is 2.11 bits per heavy atom.